The van der Waals surface area contributed by atoms with Gasteiger partial charge in [0.15, 0.2) is 0 Å². The molecule has 2 heterocycles. The minimum Gasteiger partial charge on any atom is -0.393 e. The quantitative estimate of drug-likeness (QED) is 0.687. The van der Waals surface area contributed by atoms with Gasteiger partial charge in [-0.2, -0.15) is 4.98 Å². The largest absolute Gasteiger partial charge is 0.393 e. The zero-order valence-electron chi connectivity index (χ0n) is 10.3. The lowest BCUT2D eigenvalue weighted by molar-refractivity contribution is 0.126. The van der Waals surface area contributed by atoms with E-state index in [1.165, 1.54) is 2.88 Å². The Morgan fingerprint density at radius 1 is 1.32 bits per heavy atom. The maximum absolute atomic E-state index is 9.54. The molecule has 4 N–H and O–H groups in total. The minimum atomic E-state index is -0.142. The molecular formula is C12H15IN4OS. The van der Waals surface area contributed by atoms with Gasteiger partial charge in [0.1, 0.15) is 5.82 Å². The zero-order chi connectivity index (χ0) is 13.4. The third-order valence-electron chi connectivity index (χ3n) is 3.40. The van der Waals surface area contributed by atoms with Gasteiger partial charge in [-0.15, -0.1) is 11.3 Å². The van der Waals surface area contributed by atoms with Gasteiger partial charge in [0.05, 0.1) is 19.2 Å². The van der Waals surface area contributed by atoms with Gasteiger partial charge in [-0.05, 0) is 54.3 Å². The normalized spacial score (nSPS) is 23.7. The lowest BCUT2D eigenvalue weighted by atomic mass is 9.93. The summed E-state index contributed by atoms with van der Waals surface area (Å²) in [6.07, 6.45) is 3.49. The number of nitrogen functional groups attached to an aromatic ring is 1. The third kappa shape index (κ3) is 2.92. The van der Waals surface area contributed by atoms with Crippen molar-refractivity contribution in [3.8, 4) is 0 Å². The van der Waals surface area contributed by atoms with Crippen molar-refractivity contribution in [3.05, 3.63) is 8.95 Å². The van der Waals surface area contributed by atoms with Crippen molar-refractivity contribution in [2.75, 3.05) is 11.1 Å². The van der Waals surface area contributed by atoms with Crippen molar-refractivity contribution in [2.24, 2.45) is 0 Å². The average molecular weight is 390 g/mol. The van der Waals surface area contributed by atoms with E-state index in [9.17, 15) is 5.11 Å². The van der Waals surface area contributed by atoms with Crippen LogP contribution >= 0.6 is 33.9 Å². The van der Waals surface area contributed by atoms with Crippen LogP contribution in [0.4, 0.5) is 11.8 Å². The molecule has 1 saturated carbocycles. The van der Waals surface area contributed by atoms with Crippen LogP contribution in [0, 0.1) is 2.88 Å². The Hall–Kier alpha value is -0.670. The van der Waals surface area contributed by atoms with Crippen LogP contribution in [-0.2, 0) is 0 Å². The number of fused-ring (bicyclic) bond motifs is 1. The first-order valence-electron chi connectivity index (χ1n) is 6.29. The molecule has 2 aromatic heterocycles. The molecule has 2 aromatic rings. The Balaban J connectivity index is 1.87. The summed E-state index contributed by atoms with van der Waals surface area (Å²) < 4.78 is 2.24. The summed E-state index contributed by atoms with van der Waals surface area (Å²) in [6, 6.07) is 2.38. The van der Waals surface area contributed by atoms with Gasteiger partial charge < -0.3 is 16.2 Å². The van der Waals surface area contributed by atoms with Crippen molar-refractivity contribution >= 4 is 55.9 Å². The van der Waals surface area contributed by atoms with Crippen LogP contribution in [0.3, 0.4) is 0 Å². The molecule has 19 heavy (non-hydrogen) atoms. The molecule has 1 fully saturated rings. The zero-order valence-corrected chi connectivity index (χ0v) is 13.2. The maximum atomic E-state index is 9.54. The predicted molar refractivity (Wildman–Crippen MR) is 86.4 cm³/mol. The number of aliphatic hydroxyl groups excluding tert-OH is 1. The average Bonchev–Trinajstić information content (AvgIpc) is 2.72. The Morgan fingerprint density at radius 2 is 2.05 bits per heavy atom. The van der Waals surface area contributed by atoms with E-state index in [1.54, 1.807) is 11.3 Å². The van der Waals surface area contributed by atoms with Crippen molar-refractivity contribution in [3.63, 3.8) is 0 Å². The maximum Gasteiger partial charge on any atom is 0.222 e. The molecule has 0 amide bonds. The summed E-state index contributed by atoms with van der Waals surface area (Å²) in [4.78, 5) is 8.58. The molecule has 1 aliphatic rings. The number of hydrogen-bond acceptors (Lipinski definition) is 6. The monoisotopic (exact) mass is 390 g/mol. The van der Waals surface area contributed by atoms with Gasteiger partial charge in [-0.25, -0.2) is 4.98 Å². The Kier molecular flexibility index (Phi) is 3.77. The topological polar surface area (TPSA) is 84.1 Å². The molecular weight excluding hydrogens is 375 g/mol. The number of thiophene rings is 1. The van der Waals surface area contributed by atoms with E-state index in [-0.39, 0.29) is 6.10 Å². The SMILES string of the molecule is Nc1nc(NC2CCC(O)CC2)c2sc(I)cc2n1. The van der Waals surface area contributed by atoms with Gasteiger partial charge in [-0.3, -0.25) is 0 Å². The number of anilines is 2. The first kappa shape index (κ1) is 13.3. The molecule has 0 atom stereocenters. The van der Waals surface area contributed by atoms with Crippen LogP contribution in [0.15, 0.2) is 6.07 Å². The van der Waals surface area contributed by atoms with Crippen LogP contribution in [-0.4, -0.2) is 27.2 Å². The van der Waals surface area contributed by atoms with E-state index in [4.69, 9.17) is 5.73 Å². The summed E-state index contributed by atoms with van der Waals surface area (Å²) >= 11 is 3.95. The Labute approximate surface area is 128 Å². The standard InChI is InChI=1S/C12H15IN4OS/c13-9-5-8-10(19-9)11(17-12(14)16-8)15-6-1-3-7(18)4-2-6/h5-7,18H,1-4H2,(H3,14,15,16,17). The van der Waals surface area contributed by atoms with Gasteiger partial charge in [-0.1, -0.05) is 0 Å². The highest BCUT2D eigenvalue weighted by molar-refractivity contribution is 14.1. The van der Waals surface area contributed by atoms with Crippen molar-refractivity contribution in [2.45, 2.75) is 37.8 Å². The number of nitrogens with one attached hydrogen (secondary N) is 1. The Morgan fingerprint density at radius 3 is 2.79 bits per heavy atom. The summed E-state index contributed by atoms with van der Waals surface area (Å²) in [6.45, 7) is 0. The number of nitrogens with zero attached hydrogens (tertiary/aromatic N) is 2. The number of nitrogens with two attached hydrogens (primary N) is 1. The highest BCUT2D eigenvalue weighted by Gasteiger charge is 2.21. The minimum absolute atomic E-state index is 0.142. The van der Waals surface area contributed by atoms with Gasteiger partial charge in [0, 0.05) is 6.04 Å². The van der Waals surface area contributed by atoms with Crippen molar-refractivity contribution in [1.82, 2.24) is 9.97 Å². The van der Waals surface area contributed by atoms with Gasteiger partial charge in [0.2, 0.25) is 5.95 Å². The number of aromatic nitrogens is 2. The Bertz CT molecular complexity index is 595. The number of halogens is 1. The van der Waals surface area contributed by atoms with E-state index >= 15 is 0 Å². The second-order valence-electron chi connectivity index (χ2n) is 4.85. The second-order valence-corrected chi connectivity index (χ2v) is 7.79. The van der Waals surface area contributed by atoms with Crippen LogP contribution < -0.4 is 11.1 Å². The molecule has 5 nitrogen and oxygen atoms in total. The smallest absolute Gasteiger partial charge is 0.222 e. The molecule has 0 bridgehead atoms. The van der Waals surface area contributed by atoms with Crippen LogP contribution in [0.1, 0.15) is 25.7 Å². The summed E-state index contributed by atoms with van der Waals surface area (Å²) in [7, 11) is 0. The van der Waals surface area contributed by atoms with Crippen molar-refractivity contribution in [1.29, 1.82) is 0 Å². The van der Waals surface area contributed by atoms with Gasteiger partial charge in [0.25, 0.3) is 0 Å². The molecule has 0 aromatic carbocycles. The molecule has 0 aliphatic heterocycles. The molecule has 0 radical (unpaired) electrons. The molecule has 102 valence electrons. The molecule has 0 spiro atoms. The van der Waals surface area contributed by atoms with E-state index in [2.05, 4.69) is 37.9 Å². The van der Waals surface area contributed by atoms with E-state index in [0.29, 0.717) is 12.0 Å². The first-order valence-corrected chi connectivity index (χ1v) is 8.18. The van der Waals surface area contributed by atoms with Crippen LogP contribution in [0.2, 0.25) is 0 Å². The lowest BCUT2D eigenvalue weighted by Crippen LogP contribution is -2.28. The first-order chi connectivity index (χ1) is 9.11. The number of aliphatic hydroxyl groups is 1. The summed E-state index contributed by atoms with van der Waals surface area (Å²) in [5.41, 5.74) is 6.66. The second kappa shape index (κ2) is 5.37. The molecule has 0 saturated heterocycles. The predicted octanol–water partition coefficient (Wildman–Crippen LogP) is 2.59. The third-order valence-corrected chi connectivity index (χ3v) is 5.29. The van der Waals surface area contributed by atoms with E-state index in [0.717, 1.165) is 41.7 Å². The molecule has 7 heteroatoms. The van der Waals surface area contributed by atoms with Crippen LogP contribution in [0.5, 0.6) is 0 Å². The molecule has 0 unspecified atom stereocenters. The van der Waals surface area contributed by atoms with Gasteiger partial charge >= 0.3 is 0 Å². The summed E-state index contributed by atoms with van der Waals surface area (Å²) in [5.74, 6) is 1.14. The fourth-order valence-electron chi connectivity index (χ4n) is 2.43. The van der Waals surface area contributed by atoms with E-state index < -0.39 is 0 Å². The number of rotatable bonds is 2. The van der Waals surface area contributed by atoms with Crippen LogP contribution in [0.25, 0.3) is 10.2 Å². The fourth-order valence-corrected chi connectivity index (χ4v) is 4.16. The van der Waals surface area contributed by atoms with Crippen molar-refractivity contribution < 1.29 is 5.11 Å². The highest BCUT2D eigenvalue weighted by Crippen LogP contribution is 2.32. The highest BCUT2D eigenvalue weighted by atomic mass is 127. The summed E-state index contributed by atoms with van der Waals surface area (Å²) in [5, 5.41) is 13.0. The fraction of sp³-hybridized carbons (Fsp3) is 0.500. The number of hydrogen-bond donors (Lipinski definition) is 3. The lowest BCUT2D eigenvalue weighted by Gasteiger charge is -2.26. The molecule has 1 aliphatic carbocycles. The van der Waals surface area contributed by atoms with E-state index in [1.807, 2.05) is 6.07 Å². The molecule has 3 rings (SSSR count).